The summed E-state index contributed by atoms with van der Waals surface area (Å²) in [5.74, 6) is 0.705. The monoisotopic (exact) mass is 510 g/mol. The van der Waals surface area contributed by atoms with Gasteiger partial charge < -0.3 is 0 Å². The third-order valence-electron chi connectivity index (χ3n) is 7.55. The zero-order chi connectivity index (χ0) is 26.5. The number of para-hydroxylation sites is 1. The van der Waals surface area contributed by atoms with Crippen molar-refractivity contribution in [1.82, 2.24) is 19.9 Å². The molecule has 0 saturated carbocycles. The Morgan fingerprint density at radius 2 is 1.15 bits per heavy atom. The molecule has 0 bridgehead atoms. The van der Waals surface area contributed by atoms with Crippen LogP contribution in [-0.2, 0) is 0 Å². The van der Waals surface area contributed by atoms with E-state index < -0.39 is 0 Å². The molecule has 0 spiro atoms. The van der Waals surface area contributed by atoms with Crippen molar-refractivity contribution in [3.05, 3.63) is 134 Å². The average Bonchev–Trinajstić information content (AvgIpc) is 3.03. The molecule has 4 heteroatoms. The average molecular weight is 511 g/mol. The molecule has 0 radical (unpaired) electrons. The maximum atomic E-state index is 5.11. The van der Waals surface area contributed by atoms with E-state index in [9.17, 15) is 0 Å². The molecule has 0 amide bonds. The molecule has 4 nitrogen and oxygen atoms in total. The molecule has 0 aliphatic heterocycles. The molecule has 0 fully saturated rings. The minimum absolute atomic E-state index is 0.705. The number of hydrogen-bond donors (Lipinski definition) is 0. The van der Waals surface area contributed by atoms with E-state index >= 15 is 0 Å². The van der Waals surface area contributed by atoms with Crippen molar-refractivity contribution in [2.75, 3.05) is 0 Å². The summed E-state index contributed by atoms with van der Waals surface area (Å²) in [6.07, 6.45) is 3.63. The van der Waals surface area contributed by atoms with Crippen LogP contribution < -0.4 is 0 Å². The Kier molecular flexibility index (Phi) is 5.10. The number of aromatic nitrogens is 4. The van der Waals surface area contributed by atoms with Crippen LogP contribution in [0.2, 0.25) is 0 Å². The molecule has 186 valence electrons. The summed E-state index contributed by atoms with van der Waals surface area (Å²) in [4.78, 5) is 19.3. The minimum atomic E-state index is 0.705. The van der Waals surface area contributed by atoms with Gasteiger partial charge in [-0.1, -0.05) is 109 Å². The Hall–Kier alpha value is -5.48. The van der Waals surface area contributed by atoms with Crippen molar-refractivity contribution in [3.8, 4) is 33.8 Å². The Morgan fingerprint density at radius 1 is 0.425 bits per heavy atom. The van der Waals surface area contributed by atoms with Gasteiger partial charge in [-0.05, 0) is 23.1 Å². The zero-order valence-corrected chi connectivity index (χ0v) is 21.5. The normalized spacial score (nSPS) is 11.5. The summed E-state index contributed by atoms with van der Waals surface area (Å²) >= 11 is 0. The van der Waals surface area contributed by atoms with Gasteiger partial charge in [0.05, 0.1) is 22.2 Å². The van der Waals surface area contributed by atoms with Crippen LogP contribution in [0, 0.1) is 0 Å². The van der Waals surface area contributed by atoms with E-state index in [1.807, 2.05) is 42.6 Å². The van der Waals surface area contributed by atoms with Gasteiger partial charge in [-0.25, -0.2) is 15.0 Å². The van der Waals surface area contributed by atoms with Gasteiger partial charge in [-0.3, -0.25) is 4.98 Å². The summed E-state index contributed by atoms with van der Waals surface area (Å²) in [7, 11) is 0. The molecule has 3 heterocycles. The fourth-order valence-electron chi connectivity index (χ4n) is 5.64. The van der Waals surface area contributed by atoms with Crippen molar-refractivity contribution < 1.29 is 0 Å². The molecule has 8 aromatic rings. The third-order valence-corrected chi connectivity index (χ3v) is 7.55. The Balaban J connectivity index is 1.34. The predicted molar refractivity (Wildman–Crippen MR) is 164 cm³/mol. The van der Waals surface area contributed by atoms with E-state index in [1.165, 1.54) is 10.9 Å². The first kappa shape index (κ1) is 22.5. The molecule has 3 aromatic heterocycles. The number of nitrogens with zero attached hydrogens (tertiary/aromatic N) is 4. The lowest BCUT2D eigenvalue weighted by atomic mass is 9.93. The van der Waals surface area contributed by atoms with Crippen LogP contribution >= 0.6 is 0 Å². The molecule has 0 N–H and O–H groups in total. The van der Waals surface area contributed by atoms with Crippen LogP contribution in [0.3, 0.4) is 0 Å². The van der Waals surface area contributed by atoms with Gasteiger partial charge in [0.25, 0.3) is 0 Å². The van der Waals surface area contributed by atoms with Crippen LogP contribution in [0.15, 0.2) is 134 Å². The third kappa shape index (κ3) is 3.62. The van der Waals surface area contributed by atoms with Crippen molar-refractivity contribution in [1.29, 1.82) is 0 Å². The highest BCUT2D eigenvalue weighted by molar-refractivity contribution is 6.17. The van der Waals surface area contributed by atoms with Crippen molar-refractivity contribution in [2.24, 2.45) is 0 Å². The standard InChI is InChI=1S/C36H22N4/c1-2-9-26(10-3-1)36-39-32-20-21-37-22-30(32)34(40-36)25-16-14-24(15-17-25)33-28-12-6-7-13-31(28)38-35-27-11-5-4-8-23(27)18-19-29(33)35/h1-22H. The van der Waals surface area contributed by atoms with Crippen LogP contribution in [0.25, 0.3) is 77.3 Å². The Labute approximate surface area is 230 Å². The van der Waals surface area contributed by atoms with E-state index in [1.54, 1.807) is 6.20 Å². The molecule has 0 saturated heterocycles. The quantitative estimate of drug-likeness (QED) is 0.176. The second-order valence-electron chi connectivity index (χ2n) is 9.92. The van der Waals surface area contributed by atoms with Crippen LogP contribution in [0.5, 0.6) is 0 Å². The van der Waals surface area contributed by atoms with Gasteiger partial charge in [-0.15, -0.1) is 0 Å². The second-order valence-corrected chi connectivity index (χ2v) is 9.92. The highest BCUT2D eigenvalue weighted by Crippen LogP contribution is 2.38. The molecule has 0 unspecified atom stereocenters. The molecular weight excluding hydrogens is 488 g/mol. The van der Waals surface area contributed by atoms with Gasteiger partial charge in [0.15, 0.2) is 5.82 Å². The van der Waals surface area contributed by atoms with E-state index in [0.29, 0.717) is 5.82 Å². The summed E-state index contributed by atoms with van der Waals surface area (Å²) < 4.78 is 0. The molecule has 0 atom stereocenters. The van der Waals surface area contributed by atoms with Gasteiger partial charge >= 0.3 is 0 Å². The number of hydrogen-bond acceptors (Lipinski definition) is 4. The molecule has 0 aliphatic carbocycles. The van der Waals surface area contributed by atoms with E-state index in [4.69, 9.17) is 15.0 Å². The Morgan fingerprint density at radius 3 is 2.02 bits per heavy atom. The lowest BCUT2D eigenvalue weighted by molar-refractivity contribution is 1.21. The molecule has 8 rings (SSSR count). The first-order chi connectivity index (χ1) is 19.8. The van der Waals surface area contributed by atoms with Crippen molar-refractivity contribution in [3.63, 3.8) is 0 Å². The van der Waals surface area contributed by atoms with Gasteiger partial charge in [0.2, 0.25) is 0 Å². The maximum Gasteiger partial charge on any atom is 0.160 e. The minimum Gasteiger partial charge on any atom is -0.264 e. The molecular formula is C36H22N4. The summed E-state index contributed by atoms with van der Waals surface area (Å²) in [6.45, 7) is 0. The first-order valence-electron chi connectivity index (χ1n) is 13.3. The predicted octanol–water partition coefficient (Wildman–Crippen LogP) is 8.88. The molecule has 5 aromatic carbocycles. The largest absolute Gasteiger partial charge is 0.264 e. The summed E-state index contributed by atoms with van der Waals surface area (Å²) in [5, 5.41) is 5.57. The van der Waals surface area contributed by atoms with Crippen molar-refractivity contribution in [2.45, 2.75) is 0 Å². The number of rotatable bonds is 3. The highest BCUT2D eigenvalue weighted by Gasteiger charge is 2.15. The number of fused-ring (bicyclic) bond motifs is 5. The molecule has 0 aliphatic rings. The first-order valence-corrected chi connectivity index (χ1v) is 13.3. The van der Waals surface area contributed by atoms with Crippen molar-refractivity contribution >= 4 is 43.5 Å². The fourth-order valence-corrected chi connectivity index (χ4v) is 5.64. The second kappa shape index (κ2) is 9.07. The van der Waals surface area contributed by atoms with Crippen LogP contribution in [-0.4, -0.2) is 19.9 Å². The van der Waals surface area contributed by atoms with E-state index in [2.05, 4.69) is 89.9 Å². The van der Waals surface area contributed by atoms with Gasteiger partial charge in [0.1, 0.15) is 0 Å². The fraction of sp³-hybridized carbons (Fsp3) is 0. The SMILES string of the molecule is c1ccc(-c2nc(-c3ccc(-c4c5ccccc5nc5c4ccc4ccccc45)cc3)c3cnccc3n2)cc1. The molecule has 40 heavy (non-hydrogen) atoms. The zero-order valence-electron chi connectivity index (χ0n) is 21.5. The maximum absolute atomic E-state index is 5.11. The van der Waals surface area contributed by atoms with E-state index in [0.717, 1.165) is 60.5 Å². The lowest BCUT2D eigenvalue weighted by Crippen LogP contribution is -1.96. The highest BCUT2D eigenvalue weighted by atomic mass is 14.9. The number of benzene rings is 5. The van der Waals surface area contributed by atoms with Crippen LogP contribution in [0.4, 0.5) is 0 Å². The summed E-state index contributed by atoms with van der Waals surface area (Å²) in [6, 6.07) is 42.0. The topological polar surface area (TPSA) is 51.6 Å². The van der Waals surface area contributed by atoms with Gasteiger partial charge in [0, 0.05) is 50.6 Å². The van der Waals surface area contributed by atoms with Crippen LogP contribution in [0.1, 0.15) is 0 Å². The Bertz CT molecular complexity index is 2200. The number of pyridine rings is 2. The lowest BCUT2D eigenvalue weighted by Gasteiger charge is -2.14. The van der Waals surface area contributed by atoms with Gasteiger partial charge in [-0.2, -0.15) is 0 Å². The summed E-state index contributed by atoms with van der Waals surface area (Å²) in [5.41, 5.74) is 8.11. The van der Waals surface area contributed by atoms with E-state index in [-0.39, 0.29) is 0 Å². The smallest absolute Gasteiger partial charge is 0.160 e.